The molecule has 0 amide bonds. The summed E-state index contributed by atoms with van der Waals surface area (Å²) < 4.78 is 0. The van der Waals surface area contributed by atoms with Crippen LogP contribution in [0.4, 0.5) is 0 Å². The zero-order valence-corrected chi connectivity index (χ0v) is 11.2. The number of nitrogens with zero attached hydrogens (tertiary/aromatic N) is 1. The van der Waals surface area contributed by atoms with E-state index in [9.17, 15) is 0 Å². The van der Waals surface area contributed by atoms with Crippen LogP contribution in [0.25, 0.3) is 10.9 Å². The first-order chi connectivity index (χ1) is 9.31. The van der Waals surface area contributed by atoms with E-state index in [2.05, 4.69) is 29.6 Å². The van der Waals surface area contributed by atoms with Crippen molar-refractivity contribution in [2.45, 2.75) is 31.7 Å². The molecule has 0 spiro atoms. The van der Waals surface area contributed by atoms with E-state index >= 15 is 0 Å². The Balaban J connectivity index is 1.90. The molecular formula is C16H19N3. The summed E-state index contributed by atoms with van der Waals surface area (Å²) in [6.45, 7) is 0. The molecule has 1 aromatic heterocycles. The Hall–Kier alpha value is -1.79. The van der Waals surface area contributed by atoms with E-state index < -0.39 is 0 Å². The van der Waals surface area contributed by atoms with Crippen molar-refractivity contribution in [2.75, 3.05) is 7.05 Å². The maximum absolute atomic E-state index is 9.02. The molecule has 2 aromatic rings. The number of hydrogen-bond donors (Lipinski definition) is 2. The lowest BCUT2D eigenvalue weighted by atomic mass is 9.94. The van der Waals surface area contributed by atoms with Crippen LogP contribution in [0, 0.1) is 17.2 Å². The first-order valence-electron chi connectivity index (χ1n) is 6.99. The van der Waals surface area contributed by atoms with E-state index in [-0.39, 0.29) is 0 Å². The van der Waals surface area contributed by atoms with Gasteiger partial charge in [-0.15, -0.1) is 0 Å². The fourth-order valence-electron chi connectivity index (χ4n) is 3.36. The number of nitriles is 1. The molecule has 3 rings (SSSR count). The second-order valence-corrected chi connectivity index (χ2v) is 5.48. The highest BCUT2D eigenvalue weighted by Gasteiger charge is 2.26. The number of H-pyrrole nitrogens is 1. The molecule has 0 bridgehead atoms. The highest BCUT2D eigenvalue weighted by molar-refractivity contribution is 5.84. The number of hydrogen-bond acceptors (Lipinski definition) is 2. The van der Waals surface area contributed by atoms with Gasteiger partial charge in [0.1, 0.15) is 0 Å². The topological polar surface area (TPSA) is 51.6 Å². The van der Waals surface area contributed by atoms with E-state index in [1.54, 1.807) is 0 Å². The van der Waals surface area contributed by atoms with Crippen LogP contribution in [0.5, 0.6) is 0 Å². The third kappa shape index (κ3) is 2.24. The van der Waals surface area contributed by atoms with E-state index in [4.69, 9.17) is 5.26 Å². The first kappa shape index (κ1) is 12.3. The molecule has 3 heteroatoms. The average Bonchev–Trinajstić information content (AvgIpc) is 3.06. The van der Waals surface area contributed by atoms with Crippen LogP contribution in [-0.2, 0) is 6.42 Å². The molecule has 0 saturated heterocycles. The zero-order chi connectivity index (χ0) is 13.2. The molecule has 2 unspecified atom stereocenters. The van der Waals surface area contributed by atoms with Crippen LogP contribution < -0.4 is 5.32 Å². The normalized spacial score (nSPS) is 22.7. The number of nitrogens with one attached hydrogen (secondary N) is 2. The van der Waals surface area contributed by atoms with Gasteiger partial charge in [-0.2, -0.15) is 5.26 Å². The van der Waals surface area contributed by atoms with Gasteiger partial charge in [-0.1, -0.05) is 6.42 Å². The van der Waals surface area contributed by atoms with Crippen LogP contribution in [-0.4, -0.2) is 18.1 Å². The molecule has 1 fully saturated rings. The predicted molar refractivity (Wildman–Crippen MR) is 76.9 cm³/mol. The van der Waals surface area contributed by atoms with E-state index in [0.29, 0.717) is 6.04 Å². The number of aromatic nitrogens is 1. The Morgan fingerprint density at radius 3 is 3.11 bits per heavy atom. The number of fused-ring (bicyclic) bond motifs is 1. The van der Waals surface area contributed by atoms with Crippen LogP contribution >= 0.6 is 0 Å². The molecule has 1 heterocycles. The van der Waals surface area contributed by atoms with Gasteiger partial charge < -0.3 is 10.3 Å². The van der Waals surface area contributed by atoms with E-state index in [0.717, 1.165) is 23.4 Å². The minimum absolute atomic E-state index is 0.643. The average molecular weight is 253 g/mol. The van der Waals surface area contributed by atoms with E-state index in [1.165, 1.54) is 30.2 Å². The maximum Gasteiger partial charge on any atom is 0.0991 e. The smallest absolute Gasteiger partial charge is 0.0991 e. The second-order valence-electron chi connectivity index (χ2n) is 5.48. The Kier molecular flexibility index (Phi) is 3.27. The van der Waals surface area contributed by atoms with Crippen molar-refractivity contribution in [3.05, 3.63) is 35.5 Å². The summed E-state index contributed by atoms with van der Waals surface area (Å²) in [6, 6.07) is 8.74. The lowest BCUT2D eigenvalue weighted by Gasteiger charge is -2.18. The molecule has 98 valence electrons. The van der Waals surface area contributed by atoms with Crippen molar-refractivity contribution in [2.24, 2.45) is 5.92 Å². The largest absolute Gasteiger partial charge is 0.361 e. The van der Waals surface area contributed by atoms with Crippen molar-refractivity contribution < 1.29 is 0 Å². The van der Waals surface area contributed by atoms with Crippen molar-refractivity contribution in [1.29, 1.82) is 5.26 Å². The molecular weight excluding hydrogens is 234 g/mol. The Bertz CT molecular complexity index is 620. The van der Waals surface area contributed by atoms with Gasteiger partial charge in [-0.05, 0) is 56.0 Å². The fraction of sp³-hybridized carbons (Fsp3) is 0.438. The van der Waals surface area contributed by atoms with Crippen molar-refractivity contribution in [3.63, 3.8) is 0 Å². The zero-order valence-electron chi connectivity index (χ0n) is 11.2. The molecule has 3 nitrogen and oxygen atoms in total. The molecule has 1 aromatic carbocycles. The number of aromatic amines is 1. The van der Waals surface area contributed by atoms with Gasteiger partial charge >= 0.3 is 0 Å². The lowest BCUT2D eigenvalue weighted by Crippen LogP contribution is -2.29. The van der Waals surface area contributed by atoms with Crippen LogP contribution in [0.15, 0.2) is 24.4 Å². The molecule has 2 atom stereocenters. The third-order valence-electron chi connectivity index (χ3n) is 4.41. The van der Waals surface area contributed by atoms with Crippen molar-refractivity contribution >= 4 is 10.9 Å². The molecule has 1 aliphatic rings. The molecule has 1 aliphatic carbocycles. The summed E-state index contributed by atoms with van der Waals surface area (Å²) in [4.78, 5) is 3.32. The third-order valence-corrected chi connectivity index (χ3v) is 4.41. The van der Waals surface area contributed by atoms with Gasteiger partial charge in [0.2, 0.25) is 0 Å². The van der Waals surface area contributed by atoms with Crippen molar-refractivity contribution in [3.8, 4) is 6.07 Å². The van der Waals surface area contributed by atoms with Gasteiger partial charge in [-0.3, -0.25) is 0 Å². The number of benzene rings is 1. The van der Waals surface area contributed by atoms with E-state index in [1.807, 2.05) is 18.2 Å². The molecule has 1 saturated carbocycles. The van der Waals surface area contributed by atoms with Gasteiger partial charge in [-0.25, -0.2) is 0 Å². The highest BCUT2D eigenvalue weighted by Crippen LogP contribution is 2.31. The minimum atomic E-state index is 0.643. The quantitative estimate of drug-likeness (QED) is 0.883. The van der Waals surface area contributed by atoms with Gasteiger partial charge in [0.25, 0.3) is 0 Å². The Labute approximate surface area is 113 Å². The first-order valence-corrected chi connectivity index (χ1v) is 6.99. The van der Waals surface area contributed by atoms with Gasteiger partial charge in [0.05, 0.1) is 11.6 Å². The lowest BCUT2D eigenvalue weighted by molar-refractivity contribution is 0.424. The molecule has 19 heavy (non-hydrogen) atoms. The van der Waals surface area contributed by atoms with Crippen LogP contribution in [0.3, 0.4) is 0 Å². The van der Waals surface area contributed by atoms with Crippen molar-refractivity contribution in [1.82, 2.24) is 10.3 Å². The van der Waals surface area contributed by atoms with Crippen LogP contribution in [0.1, 0.15) is 30.4 Å². The Morgan fingerprint density at radius 2 is 2.32 bits per heavy atom. The molecule has 2 N–H and O–H groups in total. The predicted octanol–water partition coefficient (Wildman–Crippen LogP) is 2.97. The fourth-order valence-corrected chi connectivity index (χ4v) is 3.36. The summed E-state index contributed by atoms with van der Waals surface area (Å²) >= 11 is 0. The second kappa shape index (κ2) is 5.07. The SMILES string of the molecule is CNC1CCCC1Cc1c[nH]c2ccc(C#N)cc12. The summed E-state index contributed by atoms with van der Waals surface area (Å²) in [7, 11) is 2.06. The van der Waals surface area contributed by atoms with Crippen LogP contribution in [0.2, 0.25) is 0 Å². The maximum atomic E-state index is 9.02. The molecule has 0 aliphatic heterocycles. The standard InChI is InChI=1S/C16H19N3/c1-18-15-4-2-3-12(15)8-13-10-19-16-6-5-11(9-17)7-14(13)16/h5-7,10,12,15,18-19H,2-4,8H2,1H3. The summed E-state index contributed by atoms with van der Waals surface area (Å²) in [5.74, 6) is 0.717. The van der Waals surface area contributed by atoms with Gasteiger partial charge in [0, 0.05) is 23.1 Å². The monoisotopic (exact) mass is 253 g/mol. The summed E-state index contributed by atoms with van der Waals surface area (Å²) in [5, 5.41) is 13.7. The molecule has 0 radical (unpaired) electrons. The summed E-state index contributed by atoms with van der Waals surface area (Å²) in [5.41, 5.74) is 3.22. The number of rotatable bonds is 3. The Morgan fingerprint density at radius 1 is 1.42 bits per heavy atom. The minimum Gasteiger partial charge on any atom is -0.361 e. The summed E-state index contributed by atoms with van der Waals surface area (Å²) in [6.07, 6.45) is 7.11. The van der Waals surface area contributed by atoms with Gasteiger partial charge in [0.15, 0.2) is 0 Å². The highest BCUT2D eigenvalue weighted by atomic mass is 14.9.